The fourth-order valence-corrected chi connectivity index (χ4v) is 2.14. The van der Waals surface area contributed by atoms with E-state index in [-0.39, 0.29) is 12.3 Å². The minimum Gasteiger partial charge on any atom is -0.480 e. The van der Waals surface area contributed by atoms with Crippen molar-refractivity contribution in [3.63, 3.8) is 0 Å². The highest BCUT2D eigenvalue weighted by molar-refractivity contribution is 5.79. The molecule has 2 rings (SSSR count). The second kappa shape index (κ2) is 5.64. The molecule has 0 radical (unpaired) electrons. The average molecular weight is 248 g/mol. The van der Waals surface area contributed by atoms with Gasteiger partial charge < -0.3 is 5.11 Å². The molecule has 1 aromatic carbocycles. The zero-order chi connectivity index (χ0) is 13.0. The summed E-state index contributed by atoms with van der Waals surface area (Å²) in [7, 11) is 0. The number of carbonyl (C=O) groups is 2. The van der Waals surface area contributed by atoms with Gasteiger partial charge in [0.05, 0.1) is 6.42 Å². The van der Waals surface area contributed by atoms with Crippen molar-refractivity contribution >= 4 is 11.9 Å². The molecule has 1 saturated heterocycles. The minimum atomic E-state index is -0.882. The van der Waals surface area contributed by atoms with E-state index in [9.17, 15) is 9.59 Å². The van der Waals surface area contributed by atoms with Crippen LogP contribution in [0.25, 0.3) is 0 Å². The van der Waals surface area contributed by atoms with Crippen LogP contribution in [0.5, 0.6) is 0 Å². The van der Waals surface area contributed by atoms with Crippen molar-refractivity contribution in [3.8, 4) is 0 Å². The third-order valence-corrected chi connectivity index (χ3v) is 3.01. The second-order valence-electron chi connectivity index (χ2n) is 4.39. The van der Waals surface area contributed by atoms with E-state index < -0.39 is 12.0 Å². The molecule has 18 heavy (non-hydrogen) atoms. The predicted octanol–water partition coefficient (Wildman–Crippen LogP) is 0.809. The molecule has 2 N–H and O–H groups in total. The maximum absolute atomic E-state index is 11.8. The highest BCUT2D eigenvalue weighted by atomic mass is 16.4. The molecule has 0 bridgehead atoms. The van der Waals surface area contributed by atoms with Crippen LogP contribution in [0.4, 0.5) is 0 Å². The lowest BCUT2D eigenvalue weighted by Crippen LogP contribution is -2.48. The molecule has 0 aromatic heterocycles. The number of carbonyl (C=O) groups excluding carboxylic acids is 1. The first-order chi connectivity index (χ1) is 8.66. The van der Waals surface area contributed by atoms with Crippen LogP contribution in [0.1, 0.15) is 18.4 Å². The molecular weight excluding hydrogens is 232 g/mol. The topological polar surface area (TPSA) is 69.6 Å². The average Bonchev–Trinajstić information content (AvgIpc) is 2.78. The summed E-state index contributed by atoms with van der Waals surface area (Å²) in [6.07, 6.45) is 1.65. The highest BCUT2D eigenvalue weighted by Crippen LogP contribution is 2.14. The number of benzene rings is 1. The molecule has 0 spiro atoms. The Hall–Kier alpha value is -1.88. The summed E-state index contributed by atoms with van der Waals surface area (Å²) in [4.78, 5) is 22.7. The van der Waals surface area contributed by atoms with E-state index in [1.807, 2.05) is 30.3 Å². The largest absolute Gasteiger partial charge is 0.480 e. The normalized spacial score (nSPS) is 19.7. The molecule has 1 aliphatic heterocycles. The van der Waals surface area contributed by atoms with Gasteiger partial charge in [-0.1, -0.05) is 30.3 Å². The van der Waals surface area contributed by atoms with E-state index in [0.29, 0.717) is 13.0 Å². The van der Waals surface area contributed by atoms with Crippen molar-refractivity contribution in [2.45, 2.75) is 25.3 Å². The molecule has 5 nitrogen and oxygen atoms in total. The molecule has 5 heteroatoms. The SMILES string of the molecule is O=C(Cc1ccccc1)NN1CCCC1C(=O)O. The third-order valence-electron chi connectivity index (χ3n) is 3.01. The van der Waals surface area contributed by atoms with E-state index in [1.54, 1.807) is 0 Å². The summed E-state index contributed by atoms with van der Waals surface area (Å²) in [5, 5.41) is 10.5. The van der Waals surface area contributed by atoms with Crippen molar-refractivity contribution in [2.24, 2.45) is 0 Å². The summed E-state index contributed by atoms with van der Waals surface area (Å²) in [5.41, 5.74) is 3.59. The fraction of sp³-hybridized carbons (Fsp3) is 0.385. The van der Waals surface area contributed by atoms with Crippen LogP contribution in [0.3, 0.4) is 0 Å². The lowest BCUT2D eigenvalue weighted by atomic mass is 10.1. The Morgan fingerprint density at radius 3 is 2.72 bits per heavy atom. The van der Waals surface area contributed by atoms with Gasteiger partial charge in [-0.25, -0.2) is 5.01 Å². The number of aliphatic carboxylic acids is 1. The molecule has 0 saturated carbocycles. The number of nitrogens with zero attached hydrogens (tertiary/aromatic N) is 1. The third kappa shape index (κ3) is 3.07. The monoisotopic (exact) mass is 248 g/mol. The summed E-state index contributed by atoms with van der Waals surface area (Å²) in [6.45, 7) is 0.595. The quantitative estimate of drug-likeness (QED) is 0.827. The molecule has 1 amide bonds. The maximum atomic E-state index is 11.8. The van der Waals surface area contributed by atoms with E-state index in [4.69, 9.17) is 5.11 Å². The predicted molar refractivity (Wildman–Crippen MR) is 65.7 cm³/mol. The lowest BCUT2D eigenvalue weighted by molar-refractivity contribution is -0.144. The number of hydrazine groups is 1. The Balaban J connectivity index is 1.90. The molecule has 1 heterocycles. The van der Waals surface area contributed by atoms with Crippen LogP contribution in [-0.2, 0) is 16.0 Å². The summed E-state index contributed by atoms with van der Waals surface area (Å²) >= 11 is 0. The van der Waals surface area contributed by atoms with E-state index in [0.717, 1.165) is 12.0 Å². The molecule has 1 unspecified atom stereocenters. The Morgan fingerprint density at radius 1 is 1.33 bits per heavy atom. The van der Waals surface area contributed by atoms with Crippen molar-refractivity contribution in [3.05, 3.63) is 35.9 Å². The maximum Gasteiger partial charge on any atom is 0.322 e. The molecule has 96 valence electrons. The Morgan fingerprint density at radius 2 is 2.06 bits per heavy atom. The van der Waals surface area contributed by atoms with Gasteiger partial charge in [-0.3, -0.25) is 15.0 Å². The molecule has 1 fully saturated rings. The first-order valence-corrected chi connectivity index (χ1v) is 5.99. The van der Waals surface area contributed by atoms with Crippen molar-refractivity contribution in [1.29, 1.82) is 0 Å². The number of rotatable bonds is 4. The Kier molecular flexibility index (Phi) is 3.94. The van der Waals surface area contributed by atoms with Gasteiger partial charge in [-0.2, -0.15) is 0 Å². The van der Waals surface area contributed by atoms with Crippen molar-refractivity contribution < 1.29 is 14.7 Å². The van der Waals surface area contributed by atoms with Gasteiger partial charge in [0, 0.05) is 6.54 Å². The van der Waals surface area contributed by atoms with Gasteiger partial charge >= 0.3 is 5.97 Å². The Labute approximate surface area is 105 Å². The zero-order valence-electron chi connectivity index (χ0n) is 10.0. The van der Waals surface area contributed by atoms with Crippen molar-refractivity contribution in [2.75, 3.05) is 6.54 Å². The van der Waals surface area contributed by atoms with Gasteiger partial charge in [0.25, 0.3) is 0 Å². The van der Waals surface area contributed by atoms with E-state index in [2.05, 4.69) is 5.43 Å². The lowest BCUT2D eigenvalue weighted by Gasteiger charge is -2.21. The van der Waals surface area contributed by atoms with Gasteiger partial charge in [0.1, 0.15) is 6.04 Å². The van der Waals surface area contributed by atoms with Gasteiger partial charge in [0.2, 0.25) is 5.91 Å². The van der Waals surface area contributed by atoms with E-state index in [1.165, 1.54) is 5.01 Å². The fourth-order valence-electron chi connectivity index (χ4n) is 2.14. The smallest absolute Gasteiger partial charge is 0.322 e. The number of carboxylic acids is 1. The van der Waals surface area contributed by atoms with Crippen LogP contribution in [-0.4, -0.2) is 34.6 Å². The number of hydrogen-bond donors (Lipinski definition) is 2. The number of hydrogen-bond acceptors (Lipinski definition) is 3. The van der Waals surface area contributed by atoms with Gasteiger partial charge in [-0.05, 0) is 18.4 Å². The minimum absolute atomic E-state index is 0.172. The number of nitrogens with one attached hydrogen (secondary N) is 1. The first kappa shape index (κ1) is 12.6. The van der Waals surface area contributed by atoms with Crippen LogP contribution in [0.2, 0.25) is 0 Å². The number of carboxylic acid groups (broad SMARTS) is 1. The second-order valence-corrected chi connectivity index (χ2v) is 4.39. The summed E-state index contributed by atoms with van der Waals surface area (Å²) < 4.78 is 0. The zero-order valence-corrected chi connectivity index (χ0v) is 10.0. The summed E-state index contributed by atoms with van der Waals surface area (Å²) in [5.74, 6) is -1.05. The van der Waals surface area contributed by atoms with Gasteiger partial charge in [-0.15, -0.1) is 0 Å². The van der Waals surface area contributed by atoms with Gasteiger partial charge in [0.15, 0.2) is 0 Å². The van der Waals surface area contributed by atoms with Crippen LogP contribution in [0.15, 0.2) is 30.3 Å². The standard InChI is InChI=1S/C13H16N2O3/c16-12(9-10-5-2-1-3-6-10)14-15-8-4-7-11(15)13(17)18/h1-3,5-6,11H,4,7-9H2,(H,14,16)(H,17,18). The molecule has 0 aliphatic carbocycles. The molecule has 1 atom stereocenters. The van der Waals surface area contributed by atoms with Crippen molar-refractivity contribution in [1.82, 2.24) is 10.4 Å². The molecule has 1 aromatic rings. The van der Waals surface area contributed by atoms with E-state index >= 15 is 0 Å². The highest BCUT2D eigenvalue weighted by Gasteiger charge is 2.31. The van der Waals surface area contributed by atoms with Crippen LogP contribution >= 0.6 is 0 Å². The molecular formula is C13H16N2O3. The Bertz CT molecular complexity index is 433. The van der Waals surface area contributed by atoms with Crippen LogP contribution < -0.4 is 5.43 Å². The first-order valence-electron chi connectivity index (χ1n) is 5.99. The summed E-state index contributed by atoms with van der Waals surface area (Å²) in [6, 6.07) is 8.79. The van der Waals surface area contributed by atoms with Crippen LogP contribution in [0, 0.1) is 0 Å². The molecule has 1 aliphatic rings. The number of amides is 1.